The van der Waals surface area contributed by atoms with E-state index in [-0.39, 0.29) is 5.56 Å². The fourth-order valence-electron chi connectivity index (χ4n) is 1.02. The normalized spacial score (nSPS) is 10.5. The molecule has 4 nitrogen and oxygen atoms in total. The number of aromatic nitrogens is 2. The average molecular weight is 196 g/mol. The minimum atomic E-state index is -0.118. The molecule has 0 radical (unpaired) electrons. The minimum Gasteiger partial charge on any atom is -0.384 e. The predicted molar refractivity (Wildman–Crippen MR) is 48.9 cm³/mol. The number of hydrogen-bond donors (Lipinski definition) is 0. The van der Waals surface area contributed by atoms with Gasteiger partial charge in [-0.1, -0.05) is 0 Å². The van der Waals surface area contributed by atoms with Crippen molar-refractivity contribution in [2.75, 3.05) is 0 Å². The Morgan fingerprint density at radius 2 is 2.54 bits per heavy atom. The van der Waals surface area contributed by atoms with Gasteiger partial charge in [-0.3, -0.25) is 4.79 Å². The van der Waals surface area contributed by atoms with Crippen LogP contribution in [-0.2, 0) is 6.54 Å². The van der Waals surface area contributed by atoms with Crippen molar-refractivity contribution in [3.8, 4) is 0 Å². The summed E-state index contributed by atoms with van der Waals surface area (Å²) in [6, 6.07) is 1.40. The molecule has 0 bridgehead atoms. The molecule has 0 aromatic carbocycles. The Kier molecular flexibility index (Phi) is 2.02. The third kappa shape index (κ3) is 1.55. The quantitative estimate of drug-likeness (QED) is 0.726. The van der Waals surface area contributed by atoms with Gasteiger partial charge in [-0.15, -0.1) is 11.3 Å². The van der Waals surface area contributed by atoms with E-state index in [1.54, 1.807) is 5.51 Å². The smallest absolute Gasteiger partial charge is 0.282 e. The molecule has 0 aliphatic rings. The van der Waals surface area contributed by atoms with Crippen LogP contribution in [-0.4, -0.2) is 9.72 Å². The van der Waals surface area contributed by atoms with Gasteiger partial charge in [-0.05, 0) is 6.92 Å². The summed E-state index contributed by atoms with van der Waals surface area (Å²) in [5, 5.41) is 0. The molecule has 13 heavy (non-hydrogen) atoms. The first-order chi connectivity index (χ1) is 6.27. The highest BCUT2D eigenvalue weighted by Gasteiger charge is 2.04. The second-order valence-electron chi connectivity index (χ2n) is 2.64. The van der Waals surface area contributed by atoms with E-state index in [0.29, 0.717) is 6.54 Å². The molecule has 0 aliphatic carbocycles. The molecule has 2 heterocycles. The highest BCUT2D eigenvalue weighted by atomic mass is 32.1. The van der Waals surface area contributed by atoms with E-state index in [1.807, 2.05) is 6.92 Å². The summed E-state index contributed by atoms with van der Waals surface area (Å²) < 4.78 is 6.28. The van der Waals surface area contributed by atoms with Gasteiger partial charge >= 0.3 is 0 Å². The standard InChI is InChI=1S/C8H8N2O2S/c1-6-7(13-5-9-6)4-10-8(11)2-3-12-10/h2-3,5H,4H2,1H3. The van der Waals surface area contributed by atoms with Crippen LogP contribution in [0.3, 0.4) is 0 Å². The summed E-state index contributed by atoms with van der Waals surface area (Å²) in [5.74, 6) is 0. The Labute approximate surface area is 78.4 Å². The van der Waals surface area contributed by atoms with Crippen molar-refractivity contribution >= 4 is 11.3 Å². The van der Waals surface area contributed by atoms with Crippen LogP contribution in [0, 0.1) is 6.92 Å². The van der Waals surface area contributed by atoms with Crippen molar-refractivity contribution in [1.29, 1.82) is 0 Å². The lowest BCUT2D eigenvalue weighted by Crippen LogP contribution is -2.13. The van der Waals surface area contributed by atoms with Crippen LogP contribution in [0.15, 0.2) is 27.2 Å². The van der Waals surface area contributed by atoms with Gasteiger partial charge in [-0.25, -0.2) is 4.98 Å². The molecule has 0 saturated carbocycles. The molecular weight excluding hydrogens is 188 g/mol. The Bertz CT molecular complexity index is 454. The second kappa shape index (κ2) is 3.18. The van der Waals surface area contributed by atoms with E-state index in [2.05, 4.69) is 4.98 Å². The molecule has 0 fully saturated rings. The molecule has 0 N–H and O–H groups in total. The lowest BCUT2D eigenvalue weighted by Gasteiger charge is -1.96. The largest absolute Gasteiger partial charge is 0.384 e. The zero-order chi connectivity index (χ0) is 9.26. The van der Waals surface area contributed by atoms with E-state index in [0.717, 1.165) is 10.6 Å². The third-order valence-electron chi connectivity index (χ3n) is 1.78. The van der Waals surface area contributed by atoms with Gasteiger partial charge in [-0.2, -0.15) is 4.74 Å². The lowest BCUT2D eigenvalue weighted by atomic mass is 10.4. The zero-order valence-corrected chi connectivity index (χ0v) is 7.87. The second-order valence-corrected chi connectivity index (χ2v) is 3.58. The monoisotopic (exact) mass is 196 g/mol. The number of nitrogens with zero attached hydrogens (tertiary/aromatic N) is 2. The van der Waals surface area contributed by atoms with E-state index in [1.165, 1.54) is 28.4 Å². The van der Waals surface area contributed by atoms with Gasteiger partial charge in [0, 0.05) is 6.07 Å². The van der Waals surface area contributed by atoms with Gasteiger partial charge in [0.2, 0.25) is 0 Å². The highest BCUT2D eigenvalue weighted by molar-refractivity contribution is 7.09. The summed E-state index contributed by atoms with van der Waals surface area (Å²) in [7, 11) is 0. The molecule has 0 spiro atoms. The third-order valence-corrected chi connectivity index (χ3v) is 2.70. The molecule has 0 atom stereocenters. The Morgan fingerprint density at radius 3 is 3.08 bits per heavy atom. The molecule has 68 valence electrons. The van der Waals surface area contributed by atoms with E-state index in [9.17, 15) is 4.79 Å². The summed E-state index contributed by atoms with van der Waals surface area (Å²) in [6.45, 7) is 2.39. The van der Waals surface area contributed by atoms with Crippen LogP contribution in [0.25, 0.3) is 0 Å². The van der Waals surface area contributed by atoms with Crippen LogP contribution in [0.4, 0.5) is 0 Å². The van der Waals surface area contributed by atoms with Crippen LogP contribution in [0.5, 0.6) is 0 Å². The van der Waals surface area contributed by atoms with Crippen LogP contribution < -0.4 is 5.56 Å². The van der Waals surface area contributed by atoms with Crippen molar-refractivity contribution in [2.45, 2.75) is 13.5 Å². The zero-order valence-electron chi connectivity index (χ0n) is 7.06. The Hall–Kier alpha value is -1.36. The van der Waals surface area contributed by atoms with Crippen LogP contribution >= 0.6 is 11.3 Å². The Balaban J connectivity index is 2.29. The first-order valence-electron chi connectivity index (χ1n) is 3.81. The fourth-order valence-corrected chi connectivity index (χ4v) is 1.77. The topological polar surface area (TPSA) is 48.0 Å². The summed E-state index contributed by atoms with van der Waals surface area (Å²) in [5.41, 5.74) is 2.60. The Morgan fingerprint density at radius 1 is 1.69 bits per heavy atom. The van der Waals surface area contributed by atoms with Gasteiger partial charge < -0.3 is 4.52 Å². The minimum absolute atomic E-state index is 0.118. The summed E-state index contributed by atoms with van der Waals surface area (Å²) in [4.78, 5) is 16.3. The van der Waals surface area contributed by atoms with Gasteiger partial charge in [0.25, 0.3) is 5.56 Å². The number of aryl methyl sites for hydroxylation is 1. The number of rotatable bonds is 2. The maximum Gasteiger partial charge on any atom is 0.282 e. The van der Waals surface area contributed by atoms with Crippen molar-refractivity contribution in [1.82, 2.24) is 9.72 Å². The molecular formula is C8H8N2O2S. The van der Waals surface area contributed by atoms with E-state index < -0.39 is 0 Å². The average Bonchev–Trinajstić information content (AvgIpc) is 2.65. The van der Waals surface area contributed by atoms with Gasteiger partial charge in [0.15, 0.2) is 0 Å². The molecule has 0 amide bonds. The van der Waals surface area contributed by atoms with Gasteiger partial charge in [0.05, 0.1) is 22.6 Å². The summed E-state index contributed by atoms with van der Waals surface area (Å²) in [6.07, 6.45) is 1.39. The molecule has 2 aromatic heterocycles. The van der Waals surface area contributed by atoms with E-state index >= 15 is 0 Å². The van der Waals surface area contributed by atoms with Crippen molar-refractivity contribution in [2.24, 2.45) is 0 Å². The summed E-state index contributed by atoms with van der Waals surface area (Å²) >= 11 is 1.53. The molecule has 2 rings (SSSR count). The van der Waals surface area contributed by atoms with Crippen molar-refractivity contribution in [3.63, 3.8) is 0 Å². The van der Waals surface area contributed by atoms with Crippen molar-refractivity contribution < 1.29 is 4.52 Å². The van der Waals surface area contributed by atoms with Crippen molar-refractivity contribution in [3.05, 3.63) is 38.8 Å². The molecule has 0 unspecified atom stereocenters. The fraction of sp³-hybridized carbons (Fsp3) is 0.250. The predicted octanol–water partition coefficient (Wildman–Crippen LogP) is 1.25. The first kappa shape index (κ1) is 8.25. The molecule has 0 saturated heterocycles. The lowest BCUT2D eigenvalue weighted by molar-refractivity contribution is 0.278. The molecule has 2 aromatic rings. The van der Waals surface area contributed by atoms with E-state index in [4.69, 9.17) is 4.52 Å². The van der Waals surface area contributed by atoms with Gasteiger partial charge in [0.1, 0.15) is 6.26 Å². The maximum absolute atomic E-state index is 11.1. The first-order valence-corrected chi connectivity index (χ1v) is 4.69. The molecule has 0 aliphatic heterocycles. The maximum atomic E-state index is 11.1. The highest BCUT2D eigenvalue weighted by Crippen LogP contribution is 2.12. The van der Waals surface area contributed by atoms with Crippen LogP contribution in [0.2, 0.25) is 0 Å². The number of thiazole rings is 1. The number of hydrogen-bond acceptors (Lipinski definition) is 4. The molecule has 5 heteroatoms. The SMILES string of the molecule is Cc1ncsc1Cn1occc1=O. The van der Waals surface area contributed by atoms with Crippen LogP contribution in [0.1, 0.15) is 10.6 Å².